The van der Waals surface area contributed by atoms with Crippen LogP contribution in [0, 0.1) is 5.82 Å². The summed E-state index contributed by atoms with van der Waals surface area (Å²) >= 11 is 0. The number of hydrogen-bond donors (Lipinski definition) is 1. The van der Waals surface area contributed by atoms with Crippen LogP contribution in [0.3, 0.4) is 0 Å². The zero-order valence-electron chi connectivity index (χ0n) is 13.8. The van der Waals surface area contributed by atoms with Crippen molar-refractivity contribution >= 4 is 0 Å². The summed E-state index contributed by atoms with van der Waals surface area (Å²) in [6.07, 6.45) is 12.9. The Bertz CT molecular complexity index is 364. The molecule has 1 nitrogen and oxygen atoms in total. The Hall–Kier alpha value is -0.890. The third-order valence-corrected chi connectivity index (χ3v) is 4.19. The molecule has 1 N–H and O–H groups in total. The molecule has 0 saturated heterocycles. The lowest BCUT2D eigenvalue weighted by molar-refractivity contribution is 0.477. The molecule has 0 bridgehead atoms. The van der Waals surface area contributed by atoms with Gasteiger partial charge in [-0.05, 0) is 37.6 Å². The van der Waals surface area contributed by atoms with Crippen LogP contribution >= 0.6 is 0 Å². The molecule has 1 aromatic carbocycles. The Kier molecular flexibility index (Phi) is 10.1. The smallest absolute Gasteiger partial charge is 0.123 e. The highest BCUT2D eigenvalue weighted by Gasteiger charge is 2.07. The summed E-state index contributed by atoms with van der Waals surface area (Å²) in [6, 6.07) is 7.44. The van der Waals surface area contributed by atoms with E-state index in [2.05, 4.69) is 12.2 Å². The van der Waals surface area contributed by atoms with E-state index < -0.39 is 0 Å². The van der Waals surface area contributed by atoms with Crippen molar-refractivity contribution in [2.75, 3.05) is 7.05 Å². The largest absolute Gasteiger partial charge is 0.317 e. The Balaban J connectivity index is 2.11. The van der Waals surface area contributed by atoms with Gasteiger partial charge in [-0.2, -0.15) is 0 Å². The van der Waals surface area contributed by atoms with Gasteiger partial charge < -0.3 is 5.32 Å². The minimum Gasteiger partial charge on any atom is -0.317 e. The molecular formula is C19H32FN. The van der Waals surface area contributed by atoms with E-state index in [0.29, 0.717) is 6.04 Å². The van der Waals surface area contributed by atoms with Crippen molar-refractivity contribution < 1.29 is 4.39 Å². The molecule has 2 heteroatoms. The second-order valence-corrected chi connectivity index (χ2v) is 6.08. The van der Waals surface area contributed by atoms with Crippen LogP contribution in [0.2, 0.25) is 0 Å². The van der Waals surface area contributed by atoms with Crippen LogP contribution < -0.4 is 5.32 Å². The first-order valence-corrected chi connectivity index (χ1v) is 8.68. The van der Waals surface area contributed by atoms with E-state index in [1.165, 1.54) is 63.9 Å². The molecule has 0 saturated carbocycles. The number of halogens is 1. The number of hydrogen-bond acceptors (Lipinski definition) is 1. The maximum absolute atomic E-state index is 13.2. The highest BCUT2D eigenvalue weighted by molar-refractivity contribution is 5.17. The number of likely N-dealkylation sites (N-methyl/N-ethyl adjacent to an activating group) is 1. The zero-order chi connectivity index (χ0) is 15.3. The first kappa shape index (κ1) is 18.2. The molecule has 0 heterocycles. The Labute approximate surface area is 130 Å². The highest BCUT2D eigenvalue weighted by atomic mass is 19.1. The predicted octanol–water partition coefficient (Wildman–Crippen LogP) is 5.49. The van der Waals surface area contributed by atoms with E-state index in [-0.39, 0.29) is 5.82 Å². The van der Waals surface area contributed by atoms with Gasteiger partial charge in [0, 0.05) is 6.04 Å². The number of rotatable bonds is 12. The zero-order valence-corrected chi connectivity index (χ0v) is 13.8. The van der Waals surface area contributed by atoms with Gasteiger partial charge in [-0.1, -0.05) is 70.4 Å². The summed E-state index contributed by atoms with van der Waals surface area (Å²) in [7, 11) is 2.01. The average Bonchev–Trinajstić information content (AvgIpc) is 2.48. The summed E-state index contributed by atoms with van der Waals surface area (Å²) in [5.41, 5.74) is 1.09. The van der Waals surface area contributed by atoms with E-state index in [1.54, 1.807) is 12.1 Å². The maximum Gasteiger partial charge on any atom is 0.123 e. The third-order valence-electron chi connectivity index (χ3n) is 4.19. The average molecular weight is 293 g/mol. The number of nitrogens with one attached hydrogen (secondary N) is 1. The lowest BCUT2D eigenvalue weighted by atomic mass is 9.99. The van der Waals surface area contributed by atoms with E-state index in [4.69, 9.17) is 0 Å². The van der Waals surface area contributed by atoms with Crippen molar-refractivity contribution in [1.82, 2.24) is 5.32 Å². The summed E-state index contributed by atoms with van der Waals surface area (Å²) < 4.78 is 13.2. The monoisotopic (exact) mass is 293 g/mol. The molecule has 1 aromatic rings. The summed E-state index contributed by atoms with van der Waals surface area (Å²) in [6.45, 7) is 2.26. The lowest BCUT2D eigenvalue weighted by Crippen LogP contribution is -2.27. The molecule has 0 radical (unpaired) electrons. The first-order chi connectivity index (χ1) is 10.3. The van der Waals surface area contributed by atoms with Crippen LogP contribution in [-0.4, -0.2) is 13.1 Å². The van der Waals surface area contributed by atoms with Crippen molar-refractivity contribution in [2.24, 2.45) is 0 Å². The molecular weight excluding hydrogens is 261 g/mol. The number of unbranched alkanes of at least 4 members (excludes halogenated alkanes) is 7. The maximum atomic E-state index is 13.2. The minimum atomic E-state index is -0.130. The van der Waals surface area contributed by atoms with Crippen molar-refractivity contribution in [3.05, 3.63) is 35.6 Å². The van der Waals surface area contributed by atoms with Gasteiger partial charge in [0.05, 0.1) is 0 Å². The summed E-state index contributed by atoms with van der Waals surface area (Å²) in [5, 5.41) is 3.37. The normalized spacial score (nSPS) is 12.5. The molecule has 0 spiro atoms. The molecule has 1 rings (SSSR count). The second kappa shape index (κ2) is 11.7. The fourth-order valence-electron chi connectivity index (χ4n) is 2.82. The van der Waals surface area contributed by atoms with Crippen molar-refractivity contribution in [2.45, 2.75) is 77.2 Å². The van der Waals surface area contributed by atoms with Crippen molar-refractivity contribution in [3.63, 3.8) is 0 Å². The van der Waals surface area contributed by atoms with E-state index >= 15 is 0 Å². The van der Waals surface area contributed by atoms with Gasteiger partial charge >= 0.3 is 0 Å². The highest BCUT2D eigenvalue weighted by Crippen LogP contribution is 2.13. The third kappa shape index (κ3) is 8.87. The van der Waals surface area contributed by atoms with E-state index in [9.17, 15) is 4.39 Å². The van der Waals surface area contributed by atoms with E-state index in [1.807, 2.05) is 13.1 Å². The van der Waals surface area contributed by atoms with Gasteiger partial charge in [-0.3, -0.25) is 0 Å². The van der Waals surface area contributed by atoms with Gasteiger partial charge in [0.2, 0.25) is 0 Å². The Morgan fingerprint density at radius 3 is 2.29 bits per heavy atom. The van der Waals surface area contributed by atoms with Crippen LogP contribution in [0.4, 0.5) is 4.39 Å². The molecule has 21 heavy (non-hydrogen) atoms. The molecule has 0 aliphatic heterocycles. The minimum absolute atomic E-state index is 0.130. The van der Waals surface area contributed by atoms with E-state index in [0.717, 1.165) is 12.0 Å². The van der Waals surface area contributed by atoms with Crippen LogP contribution in [0.5, 0.6) is 0 Å². The van der Waals surface area contributed by atoms with Crippen LogP contribution in [-0.2, 0) is 6.42 Å². The first-order valence-electron chi connectivity index (χ1n) is 8.68. The predicted molar refractivity (Wildman–Crippen MR) is 90.2 cm³/mol. The van der Waals surface area contributed by atoms with Gasteiger partial charge in [0.15, 0.2) is 0 Å². The standard InChI is InChI=1S/C19H32FN/c1-3-4-5-6-7-8-9-10-14-19(21-2)16-17-12-11-13-18(20)15-17/h11-13,15,19,21H,3-10,14,16H2,1-2H3. The van der Waals surface area contributed by atoms with Gasteiger partial charge in [-0.25, -0.2) is 4.39 Å². The molecule has 0 aliphatic rings. The van der Waals surface area contributed by atoms with Gasteiger partial charge in [0.1, 0.15) is 5.82 Å². The molecule has 1 atom stereocenters. The Morgan fingerprint density at radius 1 is 1.00 bits per heavy atom. The Morgan fingerprint density at radius 2 is 1.67 bits per heavy atom. The molecule has 0 aliphatic carbocycles. The molecule has 0 amide bonds. The van der Waals surface area contributed by atoms with Crippen molar-refractivity contribution in [3.8, 4) is 0 Å². The van der Waals surface area contributed by atoms with Crippen LogP contribution in [0.15, 0.2) is 24.3 Å². The quantitative estimate of drug-likeness (QED) is 0.503. The summed E-state index contributed by atoms with van der Waals surface area (Å²) in [5.74, 6) is -0.130. The van der Waals surface area contributed by atoms with Crippen LogP contribution in [0.25, 0.3) is 0 Å². The molecule has 1 unspecified atom stereocenters. The molecule has 120 valence electrons. The molecule has 0 fully saturated rings. The SMILES string of the molecule is CCCCCCCCCCC(Cc1cccc(F)c1)NC. The van der Waals surface area contributed by atoms with Crippen LogP contribution in [0.1, 0.15) is 70.3 Å². The van der Waals surface area contributed by atoms with Gasteiger partial charge in [-0.15, -0.1) is 0 Å². The van der Waals surface area contributed by atoms with Crippen molar-refractivity contribution in [1.29, 1.82) is 0 Å². The fourth-order valence-corrected chi connectivity index (χ4v) is 2.82. The fraction of sp³-hybridized carbons (Fsp3) is 0.684. The number of benzene rings is 1. The topological polar surface area (TPSA) is 12.0 Å². The summed E-state index contributed by atoms with van der Waals surface area (Å²) in [4.78, 5) is 0. The second-order valence-electron chi connectivity index (χ2n) is 6.08. The van der Waals surface area contributed by atoms with Gasteiger partial charge in [0.25, 0.3) is 0 Å². The molecule has 0 aromatic heterocycles. The lowest BCUT2D eigenvalue weighted by Gasteiger charge is -2.16.